The highest BCUT2D eigenvalue weighted by Gasteiger charge is 2.19. The van der Waals surface area contributed by atoms with Crippen LogP contribution in [0.15, 0.2) is 36.4 Å². The maximum atomic E-state index is 12.3. The van der Waals surface area contributed by atoms with Gasteiger partial charge >= 0.3 is 0 Å². The summed E-state index contributed by atoms with van der Waals surface area (Å²) in [5.74, 6) is 2.03. The van der Waals surface area contributed by atoms with Crippen molar-refractivity contribution in [3.05, 3.63) is 42.0 Å². The predicted octanol–water partition coefficient (Wildman–Crippen LogP) is 3.17. The van der Waals surface area contributed by atoms with Crippen LogP contribution in [0, 0.1) is 0 Å². The summed E-state index contributed by atoms with van der Waals surface area (Å²) in [7, 11) is 0. The maximum Gasteiger partial charge on any atom is 0.255 e. The zero-order chi connectivity index (χ0) is 13.9. The second kappa shape index (κ2) is 5.75. The van der Waals surface area contributed by atoms with Gasteiger partial charge in [-0.1, -0.05) is 30.3 Å². The molecule has 104 valence electrons. The Balaban J connectivity index is 1.85. The van der Waals surface area contributed by atoms with Crippen molar-refractivity contribution in [3.8, 4) is 5.75 Å². The van der Waals surface area contributed by atoms with Crippen LogP contribution in [0.25, 0.3) is 10.8 Å². The summed E-state index contributed by atoms with van der Waals surface area (Å²) >= 11 is 1.87. The van der Waals surface area contributed by atoms with Gasteiger partial charge < -0.3 is 10.4 Å². The summed E-state index contributed by atoms with van der Waals surface area (Å²) < 4.78 is 0. The molecule has 1 amide bonds. The fraction of sp³-hybridized carbons (Fsp3) is 0.312. The number of phenols is 1. The Labute approximate surface area is 122 Å². The van der Waals surface area contributed by atoms with E-state index in [2.05, 4.69) is 5.32 Å². The van der Waals surface area contributed by atoms with E-state index in [9.17, 15) is 9.90 Å². The van der Waals surface area contributed by atoms with Crippen LogP contribution in [0.2, 0.25) is 0 Å². The number of aromatic hydroxyl groups is 1. The largest absolute Gasteiger partial charge is 0.506 e. The highest BCUT2D eigenvalue weighted by molar-refractivity contribution is 7.99. The third-order valence-corrected chi connectivity index (χ3v) is 4.86. The van der Waals surface area contributed by atoms with Crippen LogP contribution in [0.5, 0.6) is 5.75 Å². The summed E-state index contributed by atoms with van der Waals surface area (Å²) in [6, 6.07) is 11.3. The van der Waals surface area contributed by atoms with E-state index in [1.165, 1.54) is 5.75 Å². The second-order valence-corrected chi connectivity index (χ2v) is 6.22. The molecule has 3 nitrogen and oxygen atoms in total. The Morgan fingerprint density at radius 3 is 2.90 bits per heavy atom. The average Bonchev–Trinajstić information content (AvgIpc) is 2.49. The summed E-state index contributed by atoms with van der Waals surface area (Å²) in [6.45, 7) is 0. The number of rotatable bonds is 2. The van der Waals surface area contributed by atoms with Gasteiger partial charge in [0.15, 0.2) is 0 Å². The Kier molecular flexibility index (Phi) is 3.83. The normalized spacial score (nSPS) is 18.9. The Hall–Kier alpha value is -1.68. The fourth-order valence-electron chi connectivity index (χ4n) is 2.56. The number of hydrogen-bond acceptors (Lipinski definition) is 3. The lowest BCUT2D eigenvalue weighted by molar-refractivity contribution is 0.0936. The number of amides is 1. The molecule has 20 heavy (non-hydrogen) atoms. The quantitative estimate of drug-likeness (QED) is 0.892. The third kappa shape index (κ3) is 2.61. The molecule has 2 aromatic carbocycles. The van der Waals surface area contributed by atoms with Gasteiger partial charge in [0.05, 0.1) is 5.56 Å². The van der Waals surface area contributed by atoms with Crippen molar-refractivity contribution in [2.24, 2.45) is 0 Å². The van der Waals surface area contributed by atoms with Gasteiger partial charge in [0, 0.05) is 17.2 Å². The molecule has 1 saturated heterocycles. The van der Waals surface area contributed by atoms with Gasteiger partial charge in [0.2, 0.25) is 0 Å². The van der Waals surface area contributed by atoms with Crippen molar-refractivity contribution < 1.29 is 9.90 Å². The Morgan fingerprint density at radius 1 is 1.25 bits per heavy atom. The van der Waals surface area contributed by atoms with Gasteiger partial charge in [-0.15, -0.1) is 0 Å². The van der Waals surface area contributed by atoms with Gasteiger partial charge in [-0.3, -0.25) is 4.79 Å². The highest BCUT2D eigenvalue weighted by atomic mass is 32.2. The van der Waals surface area contributed by atoms with Gasteiger partial charge in [0.25, 0.3) is 5.91 Å². The highest BCUT2D eigenvalue weighted by Crippen LogP contribution is 2.28. The number of phenolic OH excluding ortho intramolecular Hbond substituents is 1. The molecule has 1 aliphatic rings. The molecule has 0 bridgehead atoms. The lowest BCUT2D eigenvalue weighted by atomic mass is 10.0. The van der Waals surface area contributed by atoms with Gasteiger partial charge in [-0.05, 0) is 30.0 Å². The van der Waals surface area contributed by atoms with Crippen molar-refractivity contribution in [1.29, 1.82) is 0 Å². The van der Waals surface area contributed by atoms with E-state index in [4.69, 9.17) is 0 Å². The van der Waals surface area contributed by atoms with Crippen LogP contribution in [-0.2, 0) is 0 Å². The molecule has 0 spiro atoms. The second-order valence-electron chi connectivity index (χ2n) is 5.07. The summed E-state index contributed by atoms with van der Waals surface area (Å²) in [5.41, 5.74) is 0.360. The number of carbonyl (C=O) groups is 1. The van der Waals surface area contributed by atoms with Crippen molar-refractivity contribution in [2.75, 3.05) is 11.5 Å². The molecule has 0 saturated carbocycles. The fourth-order valence-corrected chi connectivity index (χ4v) is 3.63. The molecule has 4 heteroatoms. The van der Waals surface area contributed by atoms with Crippen molar-refractivity contribution >= 4 is 28.4 Å². The summed E-state index contributed by atoms with van der Waals surface area (Å²) in [6.07, 6.45) is 2.16. The minimum atomic E-state index is -0.180. The molecular weight excluding hydrogens is 270 g/mol. The lowest BCUT2D eigenvalue weighted by Crippen LogP contribution is -2.38. The zero-order valence-electron chi connectivity index (χ0n) is 11.1. The maximum absolute atomic E-state index is 12.3. The van der Waals surface area contributed by atoms with Gasteiger partial charge in [0.1, 0.15) is 5.75 Å². The van der Waals surface area contributed by atoms with E-state index < -0.39 is 0 Å². The van der Waals surface area contributed by atoms with Crippen LogP contribution in [0.1, 0.15) is 23.2 Å². The first kappa shape index (κ1) is 13.3. The number of carbonyl (C=O) groups excluding carboxylic acids is 1. The van der Waals surface area contributed by atoms with Crippen LogP contribution < -0.4 is 5.32 Å². The van der Waals surface area contributed by atoms with Crippen molar-refractivity contribution in [3.63, 3.8) is 0 Å². The first-order valence-corrected chi connectivity index (χ1v) is 8.00. The topological polar surface area (TPSA) is 49.3 Å². The molecule has 1 fully saturated rings. The van der Waals surface area contributed by atoms with Gasteiger partial charge in [-0.25, -0.2) is 0 Å². The molecule has 2 N–H and O–H groups in total. The predicted molar refractivity (Wildman–Crippen MR) is 83.4 cm³/mol. The summed E-state index contributed by atoms with van der Waals surface area (Å²) in [5, 5.41) is 15.0. The van der Waals surface area contributed by atoms with Gasteiger partial charge in [-0.2, -0.15) is 11.8 Å². The molecule has 0 aromatic heterocycles. The summed E-state index contributed by atoms with van der Waals surface area (Å²) in [4.78, 5) is 12.3. The van der Waals surface area contributed by atoms with Crippen LogP contribution in [-0.4, -0.2) is 28.6 Å². The first-order chi connectivity index (χ1) is 9.75. The minimum Gasteiger partial charge on any atom is -0.506 e. The molecule has 1 unspecified atom stereocenters. The molecule has 0 aliphatic carbocycles. The molecular formula is C16H17NO2S. The molecule has 1 heterocycles. The first-order valence-electron chi connectivity index (χ1n) is 6.85. The number of hydrogen-bond donors (Lipinski definition) is 2. The monoisotopic (exact) mass is 287 g/mol. The van der Waals surface area contributed by atoms with E-state index in [1.807, 2.05) is 42.1 Å². The van der Waals surface area contributed by atoms with Crippen LogP contribution >= 0.6 is 11.8 Å². The zero-order valence-corrected chi connectivity index (χ0v) is 12.0. The SMILES string of the molecule is O=C(NC1CCCSC1)c1ccc2ccccc2c1O. The standard InChI is InChI=1S/C16H17NO2S/c18-15-13-6-2-1-4-11(13)7-8-14(15)16(19)17-12-5-3-9-20-10-12/h1-2,4,6-8,12,18H,3,5,9-10H2,(H,17,19). The molecule has 1 atom stereocenters. The number of nitrogens with one attached hydrogen (secondary N) is 1. The van der Waals surface area contributed by atoms with E-state index in [0.29, 0.717) is 5.56 Å². The molecule has 1 aliphatic heterocycles. The number of fused-ring (bicyclic) bond motifs is 1. The van der Waals surface area contributed by atoms with E-state index in [1.54, 1.807) is 6.07 Å². The molecule has 0 radical (unpaired) electrons. The number of thioether (sulfide) groups is 1. The molecule has 3 rings (SSSR count). The van der Waals surface area contributed by atoms with Crippen LogP contribution in [0.4, 0.5) is 0 Å². The van der Waals surface area contributed by atoms with Crippen LogP contribution in [0.3, 0.4) is 0 Å². The third-order valence-electron chi connectivity index (χ3n) is 3.64. The average molecular weight is 287 g/mol. The lowest BCUT2D eigenvalue weighted by Gasteiger charge is -2.22. The Bertz CT molecular complexity index is 635. The van der Waals surface area contributed by atoms with Crippen molar-refractivity contribution in [2.45, 2.75) is 18.9 Å². The van der Waals surface area contributed by atoms with E-state index in [0.717, 1.165) is 29.4 Å². The van der Waals surface area contributed by atoms with E-state index >= 15 is 0 Å². The number of benzene rings is 2. The molecule has 2 aromatic rings. The Morgan fingerprint density at radius 2 is 2.10 bits per heavy atom. The van der Waals surface area contributed by atoms with E-state index in [-0.39, 0.29) is 17.7 Å². The minimum absolute atomic E-state index is 0.0732. The smallest absolute Gasteiger partial charge is 0.255 e. The van der Waals surface area contributed by atoms with Crippen molar-refractivity contribution in [1.82, 2.24) is 5.32 Å².